The van der Waals surface area contributed by atoms with Crippen LogP contribution >= 0.6 is 0 Å². The first-order valence-electron chi connectivity index (χ1n) is 9.84. The number of nitrogens with zero attached hydrogens (tertiary/aromatic N) is 2. The molecule has 6 nitrogen and oxygen atoms in total. The van der Waals surface area contributed by atoms with Gasteiger partial charge in [0.05, 0.1) is 35.0 Å². The predicted octanol–water partition coefficient (Wildman–Crippen LogP) is 2.85. The third kappa shape index (κ3) is 2.33. The van der Waals surface area contributed by atoms with Gasteiger partial charge in [0.15, 0.2) is 0 Å². The van der Waals surface area contributed by atoms with Crippen molar-refractivity contribution in [1.82, 2.24) is 9.78 Å². The molecule has 2 aliphatic heterocycles. The van der Waals surface area contributed by atoms with Crippen LogP contribution in [0.25, 0.3) is 0 Å². The third-order valence-corrected chi connectivity index (χ3v) is 7.09. The van der Waals surface area contributed by atoms with E-state index >= 15 is 0 Å². The molecule has 9 heteroatoms. The first kappa shape index (κ1) is 19.6. The van der Waals surface area contributed by atoms with Gasteiger partial charge in [-0.2, -0.15) is 18.3 Å². The fourth-order valence-electron chi connectivity index (χ4n) is 5.70. The Morgan fingerprint density at radius 3 is 2.73 bits per heavy atom. The van der Waals surface area contributed by atoms with Gasteiger partial charge in [-0.15, -0.1) is 0 Å². The van der Waals surface area contributed by atoms with E-state index in [1.54, 1.807) is 18.7 Å². The van der Waals surface area contributed by atoms with Crippen LogP contribution in [-0.2, 0) is 28.2 Å². The summed E-state index contributed by atoms with van der Waals surface area (Å²) in [6, 6.07) is 3.31. The molecular formula is C21H22F3N3O3. The fourth-order valence-corrected chi connectivity index (χ4v) is 5.70. The number of aliphatic hydroxyl groups is 1. The quantitative estimate of drug-likeness (QED) is 0.799. The van der Waals surface area contributed by atoms with Crippen molar-refractivity contribution in [3.8, 4) is 0 Å². The molecule has 1 aromatic heterocycles. The first-order chi connectivity index (χ1) is 14.0. The Morgan fingerprint density at radius 1 is 1.37 bits per heavy atom. The number of carbonyl (C=O) groups excluding carboxylic acids is 1. The molecule has 2 bridgehead atoms. The number of benzene rings is 1. The molecular weight excluding hydrogens is 399 g/mol. The number of hydrogen-bond acceptors (Lipinski definition) is 4. The van der Waals surface area contributed by atoms with E-state index in [1.807, 2.05) is 13.1 Å². The van der Waals surface area contributed by atoms with Crippen LogP contribution in [-0.4, -0.2) is 39.1 Å². The van der Waals surface area contributed by atoms with Gasteiger partial charge in [0.25, 0.3) is 0 Å². The van der Waals surface area contributed by atoms with Gasteiger partial charge >= 0.3 is 6.18 Å². The molecule has 5 atom stereocenters. The number of fused-ring (bicyclic) bond motifs is 5. The van der Waals surface area contributed by atoms with E-state index in [0.29, 0.717) is 18.4 Å². The number of ether oxygens (including phenoxy) is 1. The summed E-state index contributed by atoms with van der Waals surface area (Å²) in [5.41, 5.74) is -0.168. The minimum atomic E-state index is -4.50. The van der Waals surface area contributed by atoms with Crippen molar-refractivity contribution in [2.75, 3.05) is 5.32 Å². The summed E-state index contributed by atoms with van der Waals surface area (Å²) < 4.78 is 47.1. The van der Waals surface area contributed by atoms with Crippen LogP contribution in [0.3, 0.4) is 0 Å². The minimum Gasteiger partial charge on any atom is -0.390 e. The second-order valence-electron chi connectivity index (χ2n) is 8.75. The molecule has 0 radical (unpaired) electrons. The largest absolute Gasteiger partial charge is 0.416 e. The lowest BCUT2D eigenvalue weighted by molar-refractivity contribution is -0.137. The Labute approximate surface area is 171 Å². The molecule has 1 aliphatic carbocycles. The molecule has 160 valence electrons. The molecule has 2 N–H and O–H groups in total. The van der Waals surface area contributed by atoms with E-state index in [1.165, 1.54) is 6.07 Å². The molecule has 3 heterocycles. The van der Waals surface area contributed by atoms with Crippen LogP contribution in [0.15, 0.2) is 24.4 Å². The summed E-state index contributed by atoms with van der Waals surface area (Å²) in [6.07, 6.45) is -3.54. The SMILES string of the molecule is Cc1ccc(C(F)(F)F)cc1NC(=O)[C@]12C[C@@]1(c1cn(C)nc1C)[C@H]1O[C@@H]2C[C@@H]1O. The second-order valence-corrected chi connectivity index (χ2v) is 8.75. The highest BCUT2D eigenvalue weighted by Gasteiger charge is 2.87. The number of alkyl halides is 3. The van der Waals surface area contributed by atoms with Gasteiger partial charge in [-0.1, -0.05) is 6.07 Å². The van der Waals surface area contributed by atoms with Crippen molar-refractivity contribution in [2.24, 2.45) is 12.5 Å². The normalized spacial score (nSPS) is 34.2. The van der Waals surface area contributed by atoms with Crippen molar-refractivity contribution in [1.29, 1.82) is 0 Å². The van der Waals surface area contributed by atoms with Gasteiger partial charge in [-0.25, -0.2) is 0 Å². The molecule has 2 aromatic rings. The molecule has 3 fully saturated rings. The Balaban J connectivity index is 1.53. The summed E-state index contributed by atoms with van der Waals surface area (Å²) in [7, 11) is 1.79. The number of aromatic nitrogens is 2. The Morgan fingerprint density at radius 2 is 2.10 bits per heavy atom. The molecule has 2 saturated heterocycles. The van der Waals surface area contributed by atoms with Crippen LogP contribution in [0.4, 0.5) is 18.9 Å². The van der Waals surface area contributed by atoms with Crippen molar-refractivity contribution in [3.63, 3.8) is 0 Å². The zero-order valence-electron chi connectivity index (χ0n) is 16.7. The summed E-state index contributed by atoms with van der Waals surface area (Å²) in [6.45, 7) is 3.50. The van der Waals surface area contributed by atoms with Crippen molar-refractivity contribution in [3.05, 3.63) is 46.8 Å². The number of nitrogens with one attached hydrogen (secondary N) is 1. The lowest BCUT2D eigenvalue weighted by atomic mass is 9.74. The summed E-state index contributed by atoms with van der Waals surface area (Å²) >= 11 is 0. The van der Waals surface area contributed by atoms with Gasteiger partial charge in [0, 0.05) is 36.3 Å². The zero-order valence-corrected chi connectivity index (χ0v) is 16.7. The van der Waals surface area contributed by atoms with Crippen LogP contribution in [0.1, 0.15) is 35.2 Å². The van der Waals surface area contributed by atoms with E-state index in [2.05, 4.69) is 10.4 Å². The maximum Gasteiger partial charge on any atom is 0.416 e. The summed E-state index contributed by atoms with van der Waals surface area (Å²) in [5.74, 6) is -0.368. The van der Waals surface area contributed by atoms with Crippen molar-refractivity contribution in [2.45, 2.75) is 56.6 Å². The molecule has 3 aliphatic rings. The molecule has 5 rings (SSSR count). The molecule has 0 spiro atoms. The standard InChI is InChI=1S/C21H22F3N3O3/c1-10-4-5-12(21(22,23)24)6-14(10)25-18(29)20-9-19(20,13-8-27(3)26-11(13)2)17-15(28)7-16(20)30-17/h4-6,8,15-17,28H,7,9H2,1-3H3,(H,25,29)/t15-,16+,17-,19+,20+/m0/s1. The lowest BCUT2D eigenvalue weighted by Crippen LogP contribution is -2.44. The maximum atomic E-state index is 13.5. The number of amides is 1. The molecule has 30 heavy (non-hydrogen) atoms. The average molecular weight is 421 g/mol. The van der Waals surface area contributed by atoms with E-state index < -0.39 is 40.9 Å². The number of aryl methyl sites for hydroxylation is 3. The Bertz CT molecular complexity index is 1070. The van der Waals surface area contributed by atoms with Crippen molar-refractivity contribution >= 4 is 11.6 Å². The maximum absolute atomic E-state index is 13.5. The number of aliphatic hydroxyl groups excluding tert-OH is 1. The van der Waals surface area contributed by atoms with E-state index in [9.17, 15) is 23.1 Å². The Hall–Kier alpha value is -2.39. The zero-order chi connectivity index (χ0) is 21.6. The lowest BCUT2D eigenvalue weighted by Gasteiger charge is -2.29. The highest BCUT2D eigenvalue weighted by Crippen LogP contribution is 2.78. The van der Waals surface area contributed by atoms with E-state index in [0.717, 1.165) is 23.4 Å². The number of anilines is 1. The average Bonchev–Trinajstić information content (AvgIpc) is 2.87. The van der Waals surface area contributed by atoms with Crippen LogP contribution in [0.5, 0.6) is 0 Å². The monoisotopic (exact) mass is 421 g/mol. The molecule has 1 amide bonds. The second kappa shape index (κ2) is 5.85. The molecule has 1 saturated carbocycles. The van der Waals surface area contributed by atoms with E-state index in [-0.39, 0.29) is 11.6 Å². The summed E-state index contributed by atoms with van der Waals surface area (Å²) in [5, 5.41) is 17.6. The van der Waals surface area contributed by atoms with Gasteiger partial charge in [0.1, 0.15) is 0 Å². The fraction of sp³-hybridized carbons (Fsp3) is 0.524. The first-order valence-corrected chi connectivity index (χ1v) is 9.84. The van der Waals surface area contributed by atoms with Crippen LogP contribution in [0, 0.1) is 19.3 Å². The topological polar surface area (TPSA) is 76.4 Å². The Kier molecular flexibility index (Phi) is 3.82. The third-order valence-electron chi connectivity index (χ3n) is 7.09. The molecule has 1 aromatic carbocycles. The number of hydrogen-bond donors (Lipinski definition) is 2. The summed E-state index contributed by atoms with van der Waals surface area (Å²) in [4.78, 5) is 13.5. The van der Waals surface area contributed by atoms with Crippen molar-refractivity contribution < 1.29 is 27.8 Å². The number of rotatable bonds is 3. The highest BCUT2D eigenvalue weighted by molar-refractivity contribution is 6.01. The van der Waals surface area contributed by atoms with Gasteiger partial charge in [-0.05, 0) is 38.0 Å². The van der Waals surface area contributed by atoms with Crippen LogP contribution in [0.2, 0.25) is 0 Å². The number of halogens is 3. The highest BCUT2D eigenvalue weighted by atomic mass is 19.4. The molecule has 0 unspecified atom stereocenters. The van der Waals surface area contributed by atoms with Gasteiger partial charge in [-0.3, -0.25) is 9.48 Å². The van der Waals surface area contributed by atoms with Gasteiger partial charge < -0.3 is 15.2 Å². The predicted molar refractivity (Wildman–Crippen MR) is 101 cm³/mol. The van der Waals surface area contributed by atoms with E-state index in [4.69, 9.17) is 4.74 Å². The number of carbonyl (C=O) groups is 1. The van der Waals surface area contributed by atoms with Crippen LogP contribution < -0.4 is 5.32 Å². The minimum absolute atomic E-state index is 0.135. The van der Waals surface area contributed by atoms with Gasteiger partial charge in [0.2, 0.25) is 5.91 Å². The smallest absolute Gasteiger partial charge is 0.390 e.